The molecule has 0 fully saturated rings. The highest BCUT2D eigenvalue weighted by molar-refractivity contribution is 7.29. The summed E-state index contributed by atoms with van der Waals surface area (Å²) in [7, 11) is 0. The Hall–Kier alpha value is -2.36. The van der Waals surface area contributed by atoms with Crippen LogP contribution in [0.1, 0.15) is 23.5 Å². The number of pyridine rings is 1. The molecule has 4 aromatic heterocycles. The van der Waals surface area contributed by atoms with Crippen LogP contribution in [0.15, 0.2) is 36.0 Å². The van der Waals surface area contributed by atoms with E-state index in [9.17, 15) is 4.79 Å². The van der Waals surface area contributed by atoms with Crippen molar-refractivity contribution in [3.63, 3.8) is 0 Å². The average molecular weight is 416 g/mol. The zero-order valence-corrected chi connectivity index (χ0v) is 17.2. The summed E-state index contributed by atoms with van der Waals surface area (Å²) < 4.78 is 1.04. The van der Waals surface area contributed by atoms with E-state index >= 15 is 0 Å². The third kappa shape index (κ3) is 3.71. The fourth-order valence-electron chi connectivity index (χ4n) is 2.60. The number of nitrogens with one attached hydrogen (secondary N) is 1. The molecule has 0 saturated heterocycles. The number of nitrogens with zero attached hydrogens (tertiary/aromatic N) is 4. The van der Waals surface area contributed by atoms with Crippen molar-refractivity contribution in [3.8, 4) is 11.3 Å². The Bertz CT molecular complexity index is 1030. The number of amides is 1. The minimum absolute atomic E-state index is 0.151. The van der Waals surface area contributed by atoms with Gasteiger partial charge in [-0.15, -0.1) is 22.7 Å². The predicted molar refractivity (Wildman–Crippen MR) is 114 cm³/mol. The van der Waals surface area contributed by atoms with Gasteiger partial charge >= 0.3 is 0 Å². The Kier molecular flexibility index (Phi) is 5.15. The van der Waals surface area contributed by atoms with Gasteiger partial charge in [-0.1, -0.05) is 11.3 Å². The molecule has 9 heteroatoms. The molecule has 1 amide bonds. The molecule has 0 spiro atoms. The van der Waals surface area contributed by atoms with E-state index in [4.69, 9.17) is 0 Å². The molecule has 0 aliphatic rings. The highest BCUT2D eigenvalue weighted by Gasteiger charge is 2.17. The molecular weight excluding hydrogens is 398 g/mol. The number of thiazole rings is 2. The molecular formula is C18H17N5OS3. The smallest absolute Gasteiger partial charge is 0.267 e. The Labute approximate surface area is 168 Å². The topological polar surface area (TPSA) is 71.0 Å². The van der Waals surface area contributed by atoms with Crippen LogP contribution < -0.4 is 10.2 Å². The summed E-state index contributed by atoms with van der Waals surface area (Å²) in [5.41, 5.74) is 1.74. The second-order valence-corrected chi connectivity index (χ2v) is 8.58. The van der Waals surface area contributed by atoms with E-state index in [1.165, 1.54) is 22.7 Å². The number of fused-ring (bicyclic) bond motifs is 1. The number of aromatic nitrogens is 3. The first kappa shape index (κ1) is 18.0. The number of hydrogen-bond acceptors (Lipinski definition) is 8. The van der Waals surface area contributed by atoms with Gasteiger partial charge in [-0.2, -0.15) is 0 Å². The van der Waals surface area contributed by atoms with Crippen LogP contribution >= 0.6 is 34.0 Å². The van der Waals surface area contributed by atoms with Gasteiger partial charge in [0.25, 0.3) is 5.91 Å². The van der Waals surface area contributed by atoms with Crippen molar-refractivity contribution in [2.45, 2.75) is 13.8 Å². The molecule has 4 heterocycles. The lowest BCUT2D eigenvalue weighted by molar-refractivity contribution is 0.103. The van der Waals surface area contributed by atoms with Crippen molar-refractivity contribution >= 4 is 59.7 Å². The number of hydrogen-bond donors (Lipinski definition) is 1. The molecule has 0 atom stereocenters. The molecule has 138 valence electrons. The number of carbonyl (C=O) groups is 1. The summed E-state index contributed by atoms with van der Waals surface area (Å²) in [4.78, 5) is 29.6. The molecule has 0 bridgehead atoms. The van der Waals surface area contributed by atoms with Crippen LogP contribution in [0.2, 0.25) is 0 Å². The molecule has 0 radical (unpaired) electrons. The summed E-state index contributed by atoms with van der Waals surface area (Å²) in [6.07, 6.45) is 3.48. The maximum Gasteiger partial charge on any atom is 0.267 e. The first-order valence-corrected chi connectivity index (χ1v) is 11.0. The molecule has 27 heavy (non-hydrogen) atoms. The highest BCUT2D eigenvalue weighted by Crippen LogP contribution is 2.35. The van der Waals surface area contributed by atoms with Gasteiger partial charge in [0.2, 0.25) is 0 Å². The Morgan fingerprint density at radius 2 is 2.07 bits per heavy atom. The van der Waals surface area contributed by atoms with E-state index in [1.807, 2.05) is 23.6 Å². The van der Waals surface area contributed by atoms with Gasteiger partial charge in [0.15, 0.2) is 10.3 Å². The Balaban J connectivity index is 1.50. The van der Waals surface area contributed by atoms with Crippen LogP contribution in [0.4, 0.5) is 10.3 Å². The summed E-state index contributed by atoms with van der Waals surface area (Å²) >= 11 is 4.44. The van der Waals surface area contributed by atoms with E-state index in [0.29, 0.717) is 10.0 Å². The lowest BCUT2D eigenvalue weighted by Gasteiger charge is -2.16. The first-order valence-electron chi connectivity index (χ1n) is 8.50. The summed E-state index contributed by atoms with van der Waals surface area (Å²) in [5, 5.41) is 6.38. The molecule has 4 aromatic rings. The molecule has 0 aliphatic heterocycles. The van der Waals surface area contributed by atoms with E-state index in [1.54, 1.807) is 23.7 Å². The third-order valence-corrected chi connectivity index (χ3v) is 7.00. The van der Waals surface area contributed by atoms with Gasteiger partial charge in [-0.05, 0) is 32.0 Å². The third-order valence-electron chi connectivity index (χ3n) is 4.02. The highest BCUT2D eigenvalue weighted by atomic mass is 32.1. The summed E-state index contributed by atoms with van der Waals surface area (Å²) in [6, 6.07) is 5.72. The zero-order valence-electron chi connectivity index (χ0n) is 14.8. The van der Waals surface area contributed by atoms with Gasteiger partial charge in [-0.25, -0.2) is 9.97 Å². The van der Waals surface area contributed by atoms with E-state index in [2.05, 4.69) is 39.0 Å². The largest absolute Gasteiger partial charge is 0.349 e. The number of thiophene rings is 1. The fourth-order valence-corrected chi connectivity index (χ4v) is 5.55. The maximum atomic E-state index is 12.6. The fraction of sp³-hybridized carbons (Fsp3) is 0.222. The van der Waals surface area contributed by atoms with Crippen molar-refractivity contribution < 1.29 is 4.79 Å². The van der Waals surface area contributed by atoms with Crippen LogP contribution in [0.3, 0.4) is 0 Å². The second kappa shape index (κ2) is 7.71. The molecule has 6 nitrogen and oxygen atoms in total. The second-order valence-electron chi connectivity index (χ2n) is 5.68. The van der Waals surface area contributed by atoms with Gasteiger partial charge < -0.3 is 4.90 Å². The Morgan fingerprint density at radius 1 is 1.22 bits per heavy atom. The molecule has 0 saturated carbocycles. The van der Waals surface area contributed by atoms with Crippen LogP contribution in [0.5, 0.6) is 0 Å². The van der Waals surface area contributed by atoms with Gasteiger partial charge in [0.1, 0.15) is 4.83 Å². The lowest BCUT2D eigenvalue weighted by atomic mass is 10.2. The molecule has 0 unspecified atom stereocenters. The standard InChI is InChI=1S/C18H17N5OS3/c1-3-23(4-2)18-22-16-14(27-18)8-13(26-16)15(24)21-17-20-12(10-25-17)11-6-5-7-19-9-11/h5-10H,3-4H2,1-2H3,(H,20,21,24). The van der Waals surface area contributed by atoms with Gasteiger partial charge in [0.05, 0.1) is 15.3 Å². The average Bonchev–Trinajstić information content (AvgIpc) is 3.38. The normalized spacial score (nSPS) is 11.0. The van der Waals surface area contributed by atoms with Crippen LogP contribution in [0.25, 0.3) is 20.8 Å². The maximum absolute atomic E-state index is 12.6. The minimum Gasteiger partial charge on any atom is -0.349 e. The number of rotatable bonds is 6. The number of carbonyl (C=O) groups excluding carboxylic acids is 1. The van der Waals surface area contributed by atoms with E-state index in [-0.39, 0.29) is 5.91 Å². The van der Waals surface area contributed by atoms with Crippen molar-refractivity contribution in [2.24, 2.45) is 0 Å². The summed E-state index contributed by atoms with van der Waals surface area (Å²) in [5.74, 6) is -0.151. The quantitative estimate of drug-likeness (QED) is 0.481. The van der Waals surface area contributed by atoms with Crippen LogP contribution in [-0.4, -0.2) is 33.9 Å². The molecule has 0 aromatic carbocycles. The summed E-state index contributed by atoms with van der Waals surface area (Å²) in [6.45, 7) is 6.08. The van der Waals surface area contributed by atoms with E-state index in [0.717, 1.165) is 39.0 Å². The first-order chi connectivity index (χ1) is 13.2. The van der Waals surface area contributed by atoms with Crippen molar-refractivity contribution in [2.75, 3.05) is 23.3 Å². The molecule has 1 N–H and O–H groups in total. The van der Waals surface area contributed by atoms with Crippen LogP contribution in [-0.2, 0) is 0 Å². The monoisotopic (exact) mass is 415 g/mol. The molecule has 4 rings (SSSR count). The van der Waals surface area contributed by atoms with Crippen molar-refractivity contribution in [3.05, 3.63) is 40.8 Å². The van der Waals surface area contributed by atoms with Crippen molar-refractivity contribution in [1.82, 2.24) is 15.0 Å². The van der Waals surface area contributed by atoms with Gasteiger partial charge in [0, 0.05) is 36.4 Å². The number of anilines is 2. The van der Waals surface area contributed by atoms with Crippen LogP contribution in [0, 0.1) is 0 Å². The Morgan fingerprint density at radius 3 is 2.78 bits per heavy atom. The SMILES string of the molecule is CCN(CC)c1nc2sc(C(=O)Nc3nc(-c4cccnc4)cs3)cc2s1. The molecule has 0 aliphatic carbocycles. The lowest BCUT2D eigenvalue weighted by Crippen LogP contribution is -2.21. The van der Waals surface area contributed by atoms with Gasteiger partial charge in [-0.3, -0.25) is 15.1 Å². The van der Waals surface area contributed by atoms with E-state index < -0.39 is 0 Å². The zero-order chi connectivity index (χ0) is 18.8. The van der Waals surface area contributed by atoms with Crippen molar-refractivity contribution in [1.29, 1.82) is 0 Å². The minimum atomic E-state index is -0.151. The predicted octanol–water partition coefficient (Wildman–Crippen LogP) is 4.97.